The van der Waals surface area contributed by atoms with Crippen LogP contribution in [0, 0.1) is 0 Å². The van der Waals surface area contributed by atoms with Crippen molar-refractivity contribution in [3.63, 3.8) is 0 Å². The Hall–Kier alpha value is -2.60. The van der Waals surface area contributed by atoms with E-state index in [1.807, 2.05) is 47.2 Å². The van der Waals surface area contributed by atoms with Crippen molar-refractivity contribution in [3.05, 3.63) is 52.7 Å². The zero-order chi connectivity index (χ0) is 16.2. The highest BCUT2D eigenvalue weighted by molar-refractivity contribution is 7.08. The van der Waals surface area contributed by atoms with E-state index in [1.165, 1.54) is 0 Å². The standard InChI is InChI=1S/C17H17N3O2S/c1-2-22-17(21)9-12-4-3-5-14(8-12)20-16(18)10-15(19-20)13-6-7-23-11-13/h3-8,10-11H,2,9,18H2,1H3. The first-order valence-corrected chi connectivity index (χ1v) is 8.24. The maximum Gasteiger partial charge on any atom is 0.310 e. The third-order valence-corrected chi connectivity index (χ3v) is 4.05. The van der Waals surface area contributed by atoms with Crippen LogP contribution in [0.1, 0.15) is 12.5 Å². The molecule has 1 aromatic carbocycles. The smallest absolute Gasteiger partial charge is 0.310 e. The lowest BCUT2D eigenvalue weighted by Crippen LogP contribution is -2.08. The van der Waals surface area contributed by atoms with Crippen molar-refractivity contribution in [2.75, 3.05) is 12.3 Å². The lowest BCUT2D eigenvalue weighted by Gasteiger charge is -2.07. The summed E-state index contributed by atoms with van der Waals surface area (Å²) >= 11 is 1.62. The molecular weight excluding hydrogens is 310 g/mol. The van der Waals surface area contributed by atoms with E-state index in [4.69, 9.17) is 10.5 Å². The first-order chi connectivity index (χ1) is 11.2. The fourth-order valence-electron chi connectivity index (χ4n) is 2.33. The van der Waals surface area contributed by atoms with Gasteiger partial charge in [-0.2, -0.15) is 16.4 Å². The Kier molecular flexibility index (Phi) is 4.43. The number of aromatic nitrogens is 2. The van der Waals surface area contributed by atoms with Crippen LogP contribution in [0.25, 0.3) is 16.9 Å². The number of thiophene rings is 1. The SMILES string of the molecule is CCOC(=O)Cc1cccc(-n2nc(-c3ccsc3)cc2N)c1. The number of hydrogen-bond donors (Lipinski definition) is 1. The van der Waals surface area contributed by atoms with Gasteiger partial charge >= 0.3 is 5.97 Å². The number of rotatable bonds is 5. The molecule has 0 aliphatic rings. The molecule has 118 valence electrons. The van der Waals surface area contributed by atoms with Gasteiger partial charge in [-0.25, -0.2) is 4.68 Å². The fraction of sp³-hybridized carbons (Fsp3) is 0.176. The minimum Gasteiger partial charge on any atom is -0.466 e. The molecule has 0 aliphatic heterocycles. The van der Waals surface area contributed by atoms with Crippen LogP contribution in [0.3, 0.4) is 0 Å². The van der Waals surface area contributed by atoms with Crippen molar-refractivity contribution in [1.29, 1.82) is 0 Å². The number of anilines is 1. The first-order valence-electron chi connectivity index (χ1n) is 7.30. The van der Waals surface area contributed by atoms with Crippen LogP contribution in [-0.4, -0.2) is 22.4 Å². The van der Waals surface area contributed by atoms with E-state index in [0.29, 0.717) is 12.4 Å². The summed E-state index contributed by atoms with van der Waals surface area (Å²) in [5.74, 6) is 0.316. The van der Waals surface area contributed by atoms with Gasteiger partial charge in [-0.05, 0) is 36.1 Å². The minimum absolute atomic E-state index is 0.236. The van der Waals surface area contributed by atoms with Crippen molar-refractivity contribution >= 4 is 23.1 Å². The van der Waals surface area contributed by atoms with Gasteiger partial charge < -0.3 is 10.5 Å². The highest BCUT2D eigenvalue weighted by atomic mass is 32.1. The highest BCUT2D eigenvalue weighted by Crippen LogP contribution is 2.25. The number of nitrogens with zero attached hydrogens (tertiary/aromatic N) is 2. The van der Waals surface area contributed by atoms with Crippen LogP contribution in [0.2, 0.25) is 0 Å². The molecule has 0 aliphatic carbocycles. The number of ether oxygens (including phenoxy) is 1. The largest absolute Gasteiger partial charge is 0.466 e. The molecule has 5 nitrogen and oxygen atoms in total. The normalized spacial score (nSPS) is 10.7. The monoisotopic (exact) mass is 327 g/mol. The third kappa shape index (κ3) is 3.43. The Labute approximate surface area is 138 Å². The third-order valence-electron chi connectivity index (χ3n) is 3.36. The van der Waals surface area contributed by atoms with Crippen molar-refractivity contribution in [2.24, 2.45) is 0 Å². The molecule has 0 amide bonds. The van der Waals surface area contributed by atoms with Crippen molar-refractivity contribution in [1.82, 2.24) is 9.78 Å². The van der Waals surface area contributed by atoms with Crippen molar-refractivity contribution in [2.45, 2.75) is 13.3 Å². The Morgan fingerprint density at radius 3 is 2.96 bits per heavy atom. The molecule has 0 unspecified atom stereocenters. The molecule has 6 heteroatoms. The van der Waals surface area contributed by atoms with Crippen LogP contribution >= 0.6 is 11.3 Å². The molecule has 0 saturated heterocycles. The predicted octanol–water partition coefficient (Wildman–Crippen LogP) is 3.29. The van der Waals surface area contributed by atoms with Crippen LogP contribution in [0.5, 0.6) is 0 Å². The van der Waals surface area contributed by atoms with Gasteiger partial charge in [0.25, 0.3) is 0 Å². The summed E-state index contributed by atoms with van der Waals surface area (Å²) in [6.07, 6.45) is 0.236. The van der Waals surface area contributed by atoms with Crippen LogP contribution < -0.4 is 5.73 Å². The number of esters is 1. The molecule has 2 heterocycles. The van der Waals surface area contributed by atoms with Gasteiger partial charge in [0.1, 0.15) is 5.82 Å². The molecular formula is C17H17N3O2S. The van der Waals surface area contributed by atoms with Crippen LogP contribution in [0.15, 0.2) is 47.2 Å². The number of nitrogen functional groups attached to an aromatic ring is 1. The predicted molar refractivity (Wildman–Crippen MR) is 91.6 cm³/mol. The molecule has 0 radical (unpaired) electrons. The molecule has 0 bridgehead atoms. The second-order valence-corrected chi connectivity index (χ2v) is 5.81. The lowest BCUT2D eigenvalue weighted by molar-refractivity contribution is -0.142. The fourth-order valence-corrected chi connectivity index (χ4v) is 2.98. The number of hydrogen-bond acceptors (Lipinski definition) is 5. The van der Waals surface area contributed by atoms with Gasteiger partial charge in [-0.1, -0.05) is 12.1 Å². The minimum atomic E-state index is -0.239. The summed E-state index contributed by atoms with van der Waals surface area (Å²) in [6, 6.07) is 11.4. The summed E-state index contributed by atoms with van der Waals surface area (Å²) in [5.41, 5.74) is 9.66. The summed E-state index contributed by atoms with van der Waals surface area (Å²) in [6.45, 7) is 2.18. The maximum absolute atomic E-state index is 11.6. The molecule has 3 aromatic rings. The van der Waals surface area contributed by atoms with E-state index in [9.17, 15) is 4.79 Å². The molecule has 2 aromatic heterocycles. The van der Waals surface area contributed by atoms with Gasteiger partial charge in [0, 0.05) is 17.0 Å². The maximum atomic E-state index is 11.6. The second-order valence-electron chi connectivity index (χ2n) is 5.03. The van der Waals surface area contributed by atoms with Crippen molar-refractivity contribution in [3.8, 4) is 16.9 Å². The molecule has 0 atom stereocenters. The van der Waals surface area contributed by atoms with Gasteiger partial charge in [0.05, 0.1) is 24.4 Å². The average molecular weight is 327 g/mol. The summed E-state index contributed by atoms with van der Waals surface area (Å²) < 4.78 is 6.67. The molecule has 0 spiro atoms. The van der Waals surface area contributed by atoms with Crippen LogP contribution in [-0.2, 0) is 16.0 Å². The van der Waals surface area contributed by atoms with E-state index < -0.39 is 0 Å². The quantitative estimate of drug-likeness (QED) is 0.730. The van der Waals surface area contributed by atoms with E-state index in [0.717, 1.165) is 22.5 Å². The zero-order valence-corrected chi connectivity index (χ0v) is 13.5. The number of carbonyl (C=O) groups excluding carboxylic acids is 1. The Morgan fingerprint density at radius 2 is 2.22 bits per heavy atom. The van der Waals surface area contributed by atoms with E-state index >= 15 is 0 Å². The topological polar surface area (TPSA) is 70.1 Å². The summed E-state index contributed by atoms with van der Waals surface area (Å²) in [4.78, 5) is 11.6. The van der Waals surface area contributed by atoms with E-state index in [-0.39, 0.29) is 12.4 Å². The summed E-state index contributed by atoms with van der Waals surface area (Å²) in [7, 11) is 0. The molecule has 3 rings (SSSR count). The summed E-state index contributed by atoms with van der Waals surface area (Å²) in [5, 5.41) is 8.60. The zero-order valence-electron chi connectivity index (χ0n) is 12.7. The second kappa shape index (κ2) is 6.66. The Bertz CT molecular complexity index is 809. The Morgan fingerprint density at radius 1 is 1.35 bits per heavy atom. The first kappa shape index (κ1) is 15.3. The lowest BCUT2D eigenvalue weighted by atomic mass is 10.1. The van der Waals surface area contributed by atoms with E-state index in [2.05, 4.69) is 5.10 Å². The van der Waals surface area contributed by atoms with Crippen LogP contribution in [0.4, 0.5) is 5.82 Å². The highest BCUT2D eigenvalue weighted by Gasteiger charge is 2.11. The van der Waals surface area contributed by atoms with Gasteiger partial charge in [0.15, 0.2) is 0 Å². The van der Waals surface area contributed by atoms with Gasteiger partial charge in [-0.3, -0.25) is 4.79 Å². The molecule has 2 N–H and O–H groups in total. The van der Waals surface area contributed by atoms with Gasteiger partial charge in [0.2, 0.25) is 0 Å². The molecule has 23 heavy (non-hydrogen) atoms. The average Bonchev–Trinajstić information content (AvgIpc) is 3.17. The Balaban J connectivity index is 1.89. The van der Waals surface area contributed by atoms with Gasteiger partial charge in [-0.15, -0.1) is 0 Å². The van der Waals surface area contributed by atoms with E-state index in [1.54, 1.807) is 22.9 Å². The number of benzene rings is 1. The molecule has 0 fully saturated rings. The molecule has 0 saturated carbocycles. The number of nitrogens with two attached hydrogens (primary N) is 1. The number of carbonyl (C=O) groups is 1. The van der Waals surface area contributed by atoms with Crippen molar-refractivity contribution < 1.29 is 9.53 Å².